The van der Waals surface area contributed by atoms with Gasteiger partial charge < -0.3 is 20.3 Å². The maximum atomic E-state index is 12.7. The number of ether oxygens (including phenoxy) is 1. The highest BCUT2D eigenvalue weighted by molar-refractivity contribution is 5.93. The topological polar surface area (TPSA) is 84.3 Å². The highest BCUT2D eigenvalue weighted by Gasteiger charge is 2.23. The molecule has 0 spiro atoms. The lowest BCUT2D eigenvalue weighted by atomic mass is 10.1. The van der Waals surface area contributed by atoms with Crippen molar-refractivity contribution < 1.29 is 9.53 Å². The van der Waals surface area contributed by atoms with Crippen LogP contribution in [0.3, 0.4) is 0 Å². The molecule has 2 aromatic rings. The van der Waals surface area contributed by atoms with E-state index in [1.807, 2.05) is 23.7 Å². The van der Waals surface area contributed by atoms with E-state index in [9.17, 15) is 4.79 Å². The zero-order valence-corrected chi connectivity index (χ0v) is 16.4. The Morgan fingerprint density at radius 3 is 2.79 bits per heavy atom. The molecule has 2 aliphatic rings. The summed E-state index contributed by atoms with van der Waals surface area (Å²) in [5.41, 5.74) is 3.51. The predicted molar refractivity (Wildman–Crippen MR) is 107 cm³/mol. The van der Waals surface area contributed by atoms with E-state index in [-0.39, 0.29) is 5.91 Å². The number of piperidine rings is 1. The van der Waals surface area contributed by atoms with Crippen molar-refractivity contribution in [3.63, 3.8) is 0 Å². The molecule has 2 saturated heterocycles. The molecule has 1 aromatic carbocycles. The molecule has 4 rings (SSSR count). The third kappa shape index (κ3) is 4.02. The van der Waals surface area contributed by atoms with Crippen LogP contribution in [-0.2, 0) is 11.3 Å². The van der Waals surface area contributed by atoms with Crippen LogP contribution in [0.15, 0.2) is 24.3 Å². The van der Waals surface area contributed by atoms with Crippen LogP contribution in [0.1, 0.15) is 40.6 Å². The van der Waals surface area contributed by atoms with E-state index in [0.717, 1.165) is 69.2 Å². The molecule has 3 heterocycles. The second-order valence-corrected chi connectivity index (χ2v) is 7.36. The highest BCUT2D eigenvalue weighted by atomic mass is 16.5. The van der Waals surface area contributed by atoms with Crippen LogP contribution in [0.25, 0.3) is 0 Å². The van der Waals surface area contributed by atoms with Crippen LogP contribution in [0.2, 0.25) is 0 Å². The summed E-state index contributed by atoms with van der Waals surface area (Å²) < 4.78 is 7.36. The summed E-state index contributed by atoms with van der Waals surface area (Å²) in [6, 6.07) is 8.52. The average Bonchev–Trinajstić information content (AvgIpc) is 3.15. The van der Waals surface area contributed by atoms with E-state index in [0.29, 0.717) is 18.3 Å². The number of aromatic nitrogens is 3. The first-order chi connectivity index (χ1) is 13.7. The number of rotatable bonds is 5. The standard InChI is InChI=1S/C20H28N6O2/c1-15-19(23-24-26(15)17-6-8-21-9-7-17)20(27)22-14-16-4-2-3-5-18(16)25-10-12-28-13-11-25/h2-5,17,21H,6-14H2,1H3,(H,22,27). The molecule has 0 unspecified atom stereocenters. The minimum Gasteiger partial charge on any atom is -0.378 e. The van der Waals surface area contributed by atoms with Gasteiger partial charge in [-0.05, 0) is 44.5 Å². The van der Waals surface area contributed by atoms with Crippen LogP contribution in [0, 0.1) is 6.92 Å². The van der Waals surface area contributed by atoms with Crippen molar-refractivity contribution in [1.82, 2.24) is 25.6 Å². The zero-order chi connectivity index (χ0) is 19.3. The van der Waals surface area contributed by atoms with Crippen LogP contribution >= 0.6 is 0 Å². The van der Waals surface area contributed by atoms with Crippen molar-refractivity contribution in [2.45, 2.75) is 32.4 Å². The summed E-state index contributed by atoms with van der Waals surface area (Å²) in [5, 5.41) is 14.8. The third-order valence-corrected chi connectivity index (χ3v) is 5.58. The largest absolute Gasteiger partial charge is 0.378 e. The number of amides is 1. The van der Waals surface area contributed by atoms with Crippen LogP contribution in [0.4, 0.5) is 5.69 Å². The van der Waals surface area contributed by atoms with Crippen molar-refractivity contribution in [3.8, 4) is 0 Å². The number of anilines is 1. The van der Waals surface area contributed by atoms with Gasteiger partial charge in [-0.25, -0.2) is 4.68 Å². The second-order valence-electron chi connectivity index (χ2n) is 7.36. The smallest absolute Gasteiger partial charge is 0.274 e. The first-order valence-electron chi connectivity index (χ1n) is 10.1. The molecule has 0 radical (unpaired) electrons. The molecule has 2 aliphatic heterocycles. The maximum Gasteiger partial charge on any atom is 0.274 e. The number of nitrogens with zero attached hydrogens (tertiary/aromatic N) is 4. The number of hydrogen-bond acceptors (Lipinski definition) is 6. The number of hydrogen-bond donors (Lipinski definition) is 2. The molecule has 1 aromatic heterocycles. The molecule has 2 N–H and O–H groups in total. The minimum atomic E-state index is -0.172. The number of nitrogens with one attached hydrogen (secondary N) is 2. The Balaban J connectivity index is 1.43. The second kappa shape index (κ2) is 8.70. The van der Waals surface area contributed by atoms with Gasteiger partial charge in [-0.3, -0.25) is 4.79 Å². The Bertz CT molecular complexity index is 809. The molecule has 28 heavy (non-hydrogen) atoms. The number of benzene rings is 1. The van der Waals surface area contributed by atoms with E-state index in [2.05, 4.69) is 38.0 Å². The first-order valence-corrected chi connectivity index (χ1v) is 10.1. The minimum absolute atomic E-state index is 0.172. The third-order valence-electron chi connectivity index (χ3n) is 5.58. The number of carbonyl (C=O) groups is 1. The van der Waals surface area contributed by atoms with Gasteiger partial charge in [0.2, 0.25) is 0 Å². The Morgan fingerprint density at radius 2 is 2.00 bits per heavy atom. The van der Waals surface area contributed by atoms with Gasteiger partial charge in [-0.1, -0.05) is 23.4 Å². The van der Waals surface area contributed by atoms with Gasteiger partial charge in [0.1, 0.15) is 0 Å². The zero-order valence-electron chi connectivity index (χ0n) is 16.4. The lowest BCUT2D eigenvalue weighted by Gasteiger charge is -2.30. The fraction of sp³-hybridized carbons (Fsp3) is 0.550. The van der Waals surface area contributed by atoms with Crippen molar-refractivity contribution in [2.24, 2.45) is 0 Å². The maximum absolute atomic E-state index is 12.7. The SMILES string of the molecule is Cc1c(C(=O)NCc2ccccc2N2CCOCC2)nnn1C1CCNCC1. The monoisotopic (exact) mass is 384 g/mol. The van der Waals surface area contributed by atoms with E-state index in [4.69, 9.17) is 4.74 Å². The normalized spacial score (nSPS) is 18.2. The Hall–Kier alpha value is -2.45. The van der Waals surface area contributed by atoms with Gasteiger partial charge in [-0.2, -0.15) is 0 Å². The predicted octanol–water partition coefficient (Wildman–Crippen LogP) is 1.28. The fourth-order valence-corrected chi connectivity index (χ4v) is 3.98. The lowest BCUT2D eigenvalue weighted by molar-refractivity contribution is 0.0945. The molecule has 0 aliphatic carbocycles. The van der Waals surface area contributed by atoms with E-state index >= 15 is 0 Å². The fourth-order valence-electron chi connectivity index (χ4n) is 3.98. The molecule has 150 valence electrons. The molecule has 0 saturated carbocycles. The van der Waals surface area contributed by atoms with E-state index in [1.165, 1.54) is 0 Å². The quantitative estimate of drug-likeness (QED) is 0.808. The van der Waals surface area contributed by atoms with E-state index < -0.39 is 0 Å². The highest BCUT2D eigenvalue weighted by Crippen LogP contribution is 2.22. The first kappa shape index (κ1) is 18.9. The molecular weight excluding hydrogens is 356 g/mol. The molecule has 1 amide bonds. The van der Waals surface area contributed by atoms with Crippen molar-refractivity contribution >= 4 is 11.6 Å². The molecule has 0 atom stereocenters. The van der Waals surface area contributed by atoms with Crippen molar-refractivity contribution in [1.29, 1.82) is 0 Å². The van der Waals surface area contributed by atoms with Gasteiger partial charge in [0.05, 0.1) is 24.9 Å². The summed E-state index contributed by atoms with van der Waals surface area (Å²) in [5.74, 6) is -0.172. The van der Waals surface area contributed by atoms with Crippen LogP contribution in [0.5, 0.6) is 0 Å². The van der Waals surface area contributed by atoms with Crippen LogP contribution in [-0.4, -0.2) is 60.3 Å². The van der Waals surface area contributed by atoms with Gasteiger partial charge in [0.25, 0.3) is 5.91 Å². The van der Waals surface area contributed by atoms with Crippen LogP contribution < -0.4 is 15.5 Å². The number of carbonyl (C=O) groups excluding carboxylic acids is 1. The van der Waals surface area contributed by atoms with Gasteiger partial charge in [0.15, 0.2) is 5.69 Å². The van der Waals surface area contributed by atoms with Crippen molar-refractivity contribution in [3.05, 3.63) is 41.2 Å². The Kier molecular flexibility index (Phi) is 5.87. The molecule has 2 fully saturated rings. The van der Waals surface area contributed by atoms with E-state index in [1.54, 1.807) is 0 Å². The number of para-hydroxylation sites is 1. The van der Waals surface area contributed by atoms with Crippen molar-refractivity contribution in [2.75, 3.05) is 44.3 Å². The van der Waals surface area contributed by atoms with Gasteiger partial charge in [0, 0.05) is 25.3 Å². The lowest BCUT2D eigenvalue weighted by Crippen LogP contribution is -2.37. The Labute approximate surface area is 165 Å². The average molecular weight is 384 g/mol. The van der Waals surface area contributed by atoms with Gasteiger partial charge >= 0.3 is 0 Å². The summed E-state index contributed by atoms with van der Waals surface area (Å²) in [4.78, 5) is 15.1. The Morgan fingerprint density at radius 1 is 1.25 bits per heavy atom. The number of morpholine rings is 1. The summed E-state index contributed by atoms with van der Waals surface area (Å²) in [6.45, 7) is 7.56. The summed E-state index contributed by atoms with van der Waals surface area (Å²) in [7, 11) is 0. The molecule has 8 nitrogen and oxygen atoms in total. The van der Waals surface area contributed by atoms with Gasteiger partial charge in [-0.15, -0.1) is 5.10 Å². The molecule has 8 heteroatoms. The summed E-state index contributed by atoms with van der Waals surface area (Å²) in [6.07, 6.45) is 2.02. The molecule has 0 bridgehead atoms. The molecular formula is C20H28N6O2. The summed E-state index contributed by atoms with van der Waals surface area (Å²) >= 11 is 0.